The van der Waals surface area contributed by atoms with Crippen LogP contribution in [0.2, 0.25) is 0 Å². The molecule has 15 atom stereocenters. The molecule has 2 aromatic carbocycles. The zero-order valence-electron chi connectivity index (χ0n) is 30.6. The van der Waals surface area contributed by atoms with Gasteiger partial charge in [0.2, 0.25) is 0 Å². The van der Waals surface area contributed by atoms with Gasteiger partial charge in [0, 0.05) is 61.4 Å². The van der Waals surface area contributed by atoms with E-state index in [-0.39, 0.29) is 12.0 Å². The fourth-order valence-electron chi connectivity index (χ4n) is 12.7. The summed E-state index contributed by atoms with van der Waals surface area (Å²) >= 11 is 0. The molecule has 1 N–H and O–H groups in total. The number of carbonyl (C=O) groups is 6. The average Bonchev–Trinajstić information content (AvgIpc) is 3.46. The van der Waals surface area contributed by atoms with Crippen LogP contribution in [-0.2, 0) is 42.9 Å². The van der Waals surface area contributed by atoms with E-state index in [1.807, 2.05) is 4.90 Å². The van der Waals surface area contributed by atoms with E-state index in [1.165, 1.54) is 20.8 Å². The van der Waals surface area contributed by atoms with Crippen LogP contribution < -0.4 is 0 Å². The van der Waals surface area contributed by atoms with Gasteiger partial charge in [0.15, 0.2) is 18.3 Å². The number of esters is 5. The monoisotopic (exact) mass is 741 g/mol. The third-order valence-electron chi connectivity index (χ3n) is 13.7. The molecule has 10 rings (SSSR count). The first kappa shape index (κ1) is 36.1. The number of aliphatic hydroxyl groups excluding tert-OH is 1. The minimum atomic E-state index is -1.66. The minimum Gasteiger partial charge on any atom is -0.461 e. The molecule has 6 aliphatic carbocycles. The quantitative estimate of drug-likeness (QED) is 0.181. The standard InChI is InChI=1S/C41H43NO12/c1-19-17-40-26-28(53-37(48)23-13-9-7-10-14-23)25(19)29(50-20(2)44)32(40)41-31(27(34(40)47)42(6)33(26)41)39(5,18-43)35(51-21(3)45)30(36(41)52-22(4)46)54-38(49)24-15-11-8-12-16-24/h7-16,18,25-36,47H,1,17H2,2-6H3/t25-,26+,27+,28+,29-,30-,31+,32+,33+,34+,35-,36+,39-,40-,41+/m0/s1. The molecule has 0 aromatic heterocycles. The third-order valence-corrected chi connectivity index (χ3v) is 13.7. The molecule has 2 aromatic rings. The molecule has 8 fully saturated rings. The second-order valence-electron chi connectivity index (χ2n) is 16.1. The van der Waals surface area contributed by atoms with Crippen LogP contribution in [0.25, 0.3) is 0 Å². The second kappa shape index (κ2) is 12.3. The Morgan fingerprint density at radius 1 is 0.759 bits per heavy atom. The number of benzene rings is 2. The number of hydrogen-bond acceptors (Lipinski definition) is 13. The highest BCUT2D eigenvalue weighted by atomic mass is 16.6. The molecule has 0 radical (unpaired) electrons. The van der Waals surface area contributed by atoms with Crippen LogP contribution in [0.4, 0.5) is 0 Å². The second-order valence-corrected chi connectivity index (χ2v) is 16.1. The Hall–Kier alpha value is -4.88. The highest BCUT2D eigenvalue weighted by molar-refractivity contribution is 5.90. The van der Waals surface area contributed by atoms with E-state index in [4.69, 9.17) is 23.7 Å². The predicted octanol–water partition coefficient (Wildman–Crippen LogP) is 2.93. The van der Waals surface area contributed by atoms with Crippen molar-refractivity contribution in [3.05, 3.63) is 83.9 Å². The summed E-state index contributed by atoms with van der Waals surface area (Å²) in [6, 6.07) is 15.1. The van der Waals surface area contributed by atoms with Crippen LogP contribution in [0.1, 0.15) is 54.8 Å². The lowest BCUT2D eigenvalue weighted by molar-refractivity contribution is -0.301. The number of nitrogens with zero attached hydrogens (tertiary/aromatic N) is 1. The Morgan fingerprint density at radius 2 is 1.28 bits per heavy atom. The first-order valence-electron chi connectivity index (χ1n) is 18.2. The normalized spacial score (nSPS) is 42.1. The van der Waals surface area contributed by atoms with Crippen molar-refractivity contribution in [3.8, 4) is 0 Å². The fraction of sp³-hybridized carbons (Fsp3) is 0.512. The van der Waals surface area contributed by atoms with Crippen molar-refractivity contribution in [2.24, 2.45) is 39.9 Å². The van der Waals surface area contributed by atoms with Crippen molar-refractivity contribution in [2.45, 2.75) is 82.8 Å². The number of carbonyl (C=O) groups excluding carboxylic acids is 6. The summed E-state index contributed by atoms with van der Waals surface area (Å²) < 4.78 is 31.3. The molecule has 2 aliphatic heterocycles. The number of fused-ring (bicyclic) bond motifs is 1. The summed E-state index contributed by atoms with van der Waals surface area (Å²) in [6.45, 7) is 9.63. The van der Waals surface area contributed by atoms with E-state index in [9.17, 15) is 33.9 Å². The van der Waals surface area contributed by atoms with Crippen LogP contribution >= 0.6 is 0 Å². The lowest BCUT2D eigenvalue weighted by atomic mass is 9.37. The molecule has 13 nitrogen and oxygen atoms in total. The summed E-state index contributed by atoms with van der Waals surface area (Å²) in [5.41, 5.74) is -3.13. The molecule has 284 valence electrons. The smallest absolute Gasteiger partial charge is 0.338 e. The highest BCUT2D eigenvalue weighted by Gasteiger charge is 2.95. The van der Waals surface area contributed by atoms with Gasteiger partial charge in [-0.1, -0.05) is 48.6 Å². The van der Waals surface area contributed by atoms with Crippen molar-refractivity contribution in [1.82, 2.24) is 4.90 Å². The Balaban J connectivity index is 1.39. The van der Waals surface area contributed by atoms with Crippen LogP contribution in [0.15, 0.2) is 72.8 Å². The number of likely N-dealkylation sites (N-methyl/N-ethyl adjacent to an activating group) is 1. The maximum atomic E-state index is 14.0. The number of ether oxygens (including phenoxy) is 5. The number of aldehydes is 1. The first-order valence-corrected chi connectivity index (χ1v) is 18.2. The largest absolute Gasteiger partial charge is 0.461 e. The van der Waals surface area contributed by atoms with E-state index in [1.54, 1.807) is 74.6 Å². The summed E-state index contributed by atoms with van der Waals surface area (Å²) in [5, 5.41) is 12.9. The molecule has 2 heterocycles. The molecule has 54 heavy (non-hydrogen) atoms. The third kappa shape index (κ3) is 4.51. The lowest BCUT2D eigenvalue weighted by Gasteiger charge is -2.70. The van der Waals surface area contributed by atoms with Gasteiger partial charge in [-0.25, -0.2) is 9.59 Å². The molecular weight excluding hydrogens is 698 g/mol. The van der Waals surface area contributed by atoms with Crippen molar-refractivity contribution in [3.63, 3.8) is 0 Å². The van der Waals surface area contributed by atoms with Gasteiger partial charge in [-0.05, 0) is 44.7 Å². The van der Waals surface area contributed by atoms with E-state index in [0.29, 0.717) is 17.4 Å². The summed E-state index contributed by atoms with van der Waals surface area (Å²) in [6.07, 6.45) is -6.72. The molecule has 6 saturated carbocycles. The Labute approximate surface area is 311 Å². The minimum absolute atomic E-state index is 0.163. The molecular formula is C41H43NO12. The van der Waals surface area contributed by atoms with Crippen molar-refractivity contribution >= 4 is 36.1 Å². The zero-order valence-corrected chi connectivity index (χ0v) is 30.6. The number of piperidine rings is 1. The van der Waals surface area contributed by atoms with Gasteiger partial charge >= 0.3 is 29.8 Å². The Bertz CT molecular complexity index is 1950. The molecule has 7 bridgehead atoms. The van der Waals surface area contributed by atoms with Crippen molar-refractivity contribution in [2.75, 3.05) is 7.05 Å². The SMILES string of the molecule is C=C1C[C@]23[C@@H]4[C@H](OC(=O)c5ccccc5)[C@H]1[C@H](OC(C)=O)[C@H]2[C@]12[C@H](OC(C)=O)[C@@H](OC(=O)c5ccccc5)[C@H](OC(C)=O)[C@@](C)(C=O)[C@H]1[C@H]([C@H]3O)N(C)[C@H]42. The molecule has 0 unspecified atom stereocenters. The Kier molecular flexibility index (Phi) is 8.24. The van der Waals surface area contributed by atoms with Crippen LogP contribution in [0.3, 0.4) is 0 Å². The molecule has 0 amide bonds. The summed E-state index contributed by atoms with van der Waals surface area (Å²) in [4.78, 5) is 83.0. The van der Waals surface area contributed by atoms with Crippen LogP contribution in [-0.4, -0.2) is 102 Å². The maximum absolute atomic E-state index is 14.0. The van der Waals surface area contributed by atoms with E-state index in [2.05, 4.69) is 6.58 Å². The number of rotatable bonds is 8. The van der Waals surface area contributed by atoms with Crippen molar-refractivity contribution < 1.29 is 57.6 Å². The van der Waals surface area contributed by atoms with Crippen molar-refractivity contribution in [1.29, 1.82) is 0 Å². The van der Waals surface area contributed by atoms with Crippen LogP contribution in [0.5, 0.6) is 0 Å². The number of aliphatic hydroxyl groups is 1. The van der Waals surface area contributed by atoms with Gasteiger partial charge in [-0.3, -0.25) is 19.3 Å². The van der Waals surface area contributed by atoms with Gasteiger partial charge in [0.05, 0.1) is 28.6 Å². The molecule has 2 spiro atoms. The molecule has 2 saturated heterocycles. The van der Waals surface area contributed by atoms with E-state index < -0.39 is 118 Å². The highest BCUT2D eigenvalue weighted by Crippen LogP contribution is 2.85. The van der Waals surface area contributed by atoms with Gasteiger partial charge in [-0.2, -0.15) is 0 Å². The topological polar surface area (TPSA) is 172 Å². The van der Waals surface area contributed by atoms with Gasteiger partial charge in [-0.15, -0.1) is 0 Å². The first-order chi connectivity index (χ1) is 25.7. The lowest BCUT2D eigenvalue weighted by Crippen LogP contribution is -2.79. The van der Waals surface area contributed by atoms with Crippen LogP contribution in [0, 0.1) is 39.9 Å². The molecule has 13 heteroatoms. The maximum Gasteiger partial charge on any atom is 0.338 e. The fourth-order valence-corrected chi connectivity index (χ4v) is 12.7. The van der Waals surface area contributed by atoms with Gasteiger partial charge < -0.3 is 33.6 Å². The Morgan fingerprint density at radius 3 is 1.80 bits per heavy atom. The van der Waals surface area contributed by atoms with E-state index in [0.717, 1.165) is 0 Å². The predicted molar refractivity (Wildman–Crippen MR) is 186 cm³/mol. The van der Waals surface area contributed by atoms with E-state index >= 15 is 0 Å². The van der Waals surface area contributed by atoms with Gasteiger partial charge in [0.25, 0.3) is 0 Å². The summed E-state index contributed by atoms with van der Waals surface area (Å²) in [7, 11) is 1.80. The average molecular weight is 742 g/mol. The summed E-state index contributed by atoms with van der Waals surface area (Å²) in [5.74, 6) is -6.72. The zero-order chi connectivity index (χ0) is 38.6. The number of hydrogen-bond donors (Lipinski definition) is 1. The molecule has 8 aliphatic rings. The van der Waals surface area contributed by atoms with Gasteiger partial charge in [0.1, 0.15) is 18.5 Å².